The van der Waals surface area contributed by atoms with Gasteiger partial charge in [-0.2, -0.15) is 0 Å². The predicted molar refractivity (Wildman–Crippen MR) is 140 cm³/mol. The van der Waals surface area contributed by atoms with E-state index in [-0.39, 0.29) is 12.0 Å². The first-order chi connectivity index (χ1) is 17.0. The molecule has 0 radical (unpaired) electrons. The minimum Gasteiger partial charge on any atom is -0.496 e. The summed E-state index contributed by atoms with van der Waals surface area (Å²) in [5.41, 5.74) is 3.26. The molecule has 0 saturated carbocycles. The van der Waals surface area contributed by atoms with Crippen molar-refractivity contribution in [3.63, 3.8) is 0 Å². The highest BCUT2D eigenvalue weighted by molar-refractivity contribution is 7.23. The molecule has 2 aromatic heterocycles. The highest BCUT2D eigenvalue weighted by Gasteiger charge is 2.30. The van der Waals surface area contributed by atoms with Crippen LogP contribution in [0.5, 0.6) is 5.75 Å². The molecule has 0 bridgehead atoms. The summed E-state index contributed by atoms with van der Waals surface area (Å²) in [7, 11) is 1.51. The fourth-order valence-electron chi connectivity index (χ4n) is 4.10. The first-order valence-electron chi connectivity index (χ1n) is 11.1. The predicted octanol–water partition coefficient (Wildman–Crippen LogP) is 6.45. The molecule has 3 heterocycles. The highest BCUT2D eigenvalue weighted by atomic mass is 35.5. The number of nitrogens with zero attached hydrogens (tertiary/aromatic N) is 2. The second-order valence-electron chi connectivity index (χ2n) is 7.86. The molecule has 2 amide bonds. The maximum atomic E-state index is 13.3. The van der Waals surface area contributed by atoms with Gasteiger partial charge in [-0.1, -0.05) is 23.7 Å². The van der Waals surface area contributed by atoms with Crippen LogP contribution in [0.15, 0.2) is 42.5 Å². The van der Waals surface area contributed by atoms with Crippen molar-refractivity contribution in [3.05, 3.63) is 63.5 Å². The molecular formula is C25H22ClN3O4S2. The van der Waals surface area contributed by atoms with Gasteiger partial charge in [0.15, 0.2) is 0 Å². The molecule has 10 heteroatoms. The molecular weight excluding hydrogens is 506 g/mol. The van der Waals surface area contributed by atoms with E-state index in [0.29, 0.717) is 47.5 Å². The lowest BCUT2D eigenvalue weighted by Gasteiger charge is -2.26. The molecule has 1 aliphatic rings. The molecule has 1 aliphatic heterocycles. The van der Waals surface area contributed by atoms with E-state index in [1.54, 1.807) is 41.4 Å². The zero-order valence-corrected chi connectivity index (χ0v) is 21.5. The van der Waals surface area contributed by atoms with Gasteiger partial charge in [-0.05, 0) is 49.2 Å². The number of hydrogen-bond acceptors (Lipinski definition) is 7. The number of halogens is 1. The minimum absolute atomic E-state index is 0.326. The maximum absolute atomic E-state index is 13.3. The minimum atomic E-state index is -0.331. The van der Waals surface area contributed by atoms with Gasteiger partial charge in [0.2, 0.25) is 0 Å². The number of para-hydroxylation sites is 1. The Balaban J connectivity index is 1.57. The number of benzene rings is 2. The SMILES string of the molecule is CCOC(=O)N1CCc2c(sc(NC(=O)c3cc(Cl)ccc3OC)c2-c2nc3ccccc3s2)C1. The van der Waals surface area contributed by atoms with Crippen LogP contribution >= 0.6 is 34.3 Å². The van der Waals surface area contributed by atoms with Crippen molar-refractivity contribution in [2.24, 2.45) is 0 Å². The van der Waals surface area contributed by atoms with Crippen molar-refractivity contribution in [1.82, 2.24) is 9.88 Å². The van der Waals surface area contributed by atoms with Crippen LogP contribution < -0.4 is 10.1 Å². The van der Waals surface area contributed by atoms with Gasteiger partial charge in [0.05, 0.1) is 36.0 Å². The number of amides is 2. The van der Waals surface area contributed by atoms with Crippen LogP contribution in [0.2, 0.25) is 5.02 Å². The lowest BCUT2D eigenvalue weighted by atomic mass is 10.0. The average Bonchev–Trinajstić information content (AvgIpc) is 3.44. The lowest BCUT2D eigenvalue weighted by Crippen LogP contribution is -2.35. The zero-order chi connectivity index (χ0) is 24.5. The Hall–Kier alpha value is -3.14. The van der Waals surface area contributed by atoms with Crippen molar-refractivity contribution < 1.29 is 19.1 Å². The standard InChI is InChI=1S/C25H22ClN3O4S2/c1-3-33-25(31)29-11-10-15-20(13-29)35-24(21(15)23-27-17-6-4-5-7-19(17)34-23)28-22(30)16-12-14(26)8-9-18(16)32-2/h4-9,12H,3,10-11,13H2,1-2H3,(H,28,30). The van der Waals surface area contributed by atoms with Crippen LogP contribution in [0, 0.1) is 0 Å². The van der Waals surface area contributed by atoms with E-state index in [2.05, 4.69) is 5.32 Å². The molecule has 7 nitrogen and oxygen atoms in total. The number of rotatable bonds is 5. The summed E-state index contributed by atoms with van der Waals surface area (Å²) < 4.78 is 11.6. The molecule has 5 rings (SSSR count). The number of anilines is 1. The van der Waals surface area contributed by atoms with E-state index in [4.69, 9.17) is 26.1 Å². The van der Waals surface area contributed by atoms with Crippen LogP contribution in [0.4, 0.5) is 9.80 Å². The number of nitrogens with one attached hydrogen (secondary N) is 1. The van der Waals surface area contributed by atoms with Crippen LogP contribution in [-0.2, 0) is 17.7 Å². The van der Waals surface area contributed by atoms with Crippen molar-refractivity contribution in [2.45, 2.75) is 19.9 Å². The summed E-state index contributed by atoms with van der Waals surface area (Å²) in [6.07, 6.45) is 0.314. The molecule has 35 heavy (non-hydrogen) atoms. The molecule has 0 unspecified atom stereocenters. The van der Waals surface area contributed by atoms with Gasteiger partial charge in [0, 0.05) is 22.0 Å². The topological polar surface area (TPSA) is 80.8 Å². The molecule has 0 spiro atoms. The number of hydrogen-bond donors (Lipinski definition) is 1. The number of methoxy groups -OCH3 is 1. The quantitative estimate of drug-likeness (QED) is 0.322. The Morgan fingerprint density at radius 3 is 2.80 bits per heavy atom. The Labute approximate surface area is 215 Å². The molecule has 2 aromatic carbocycles. The summed E-state index contributed by atoms with van der Waals surface area (Å²) in [6.45, 7) is 3.08. The summed E-state index contributed by atoms with van der Waals surface area (Å²) >= 11 is 9.20. The van der Waals surface area contributed by atoms with Crippen LogP contribution in [0.25, 0.3) is 20.8 Å². The number of ether oxygens (including phenoxy) is 2. The highest BCUT2D eigenvalue weighted by Crippen LogP contribution is 2.46. The van der Waals surface area contributed by atoms with Gasteiger partial charge in [-0.25, -0.2) is 9.78 Å². The van der Waals surface area contributed by atoms with Crippen LogP contribution in [0.3, 0.4) is 0 Å². The molecule has 0 fully saturated rings. The summed E-state index contributed by atoms with van der Waals surface area (Å²) in [6, 6.07) is 12.9. The number of thiazole rings is 1. The second kappa shape index (κ2) is 9.85. The van der Waals surface area contributed by atoms with Gasteiger partial charge in [0.25, 0.3) is 5.91 Å². The summed E-state index contributed by atoms with van der Waals surface area (Å²) in [5, 5.41) is 5.04. The van der Waals surface area contributed by atoms with Gasteiger partial charge in [-0.3, -0.25) is 4.79 Å². The maximum Gasteiger partial charge on any atom is 0.410 e. The van der Waals surface area contributed by atoms with E-state index in [1.165, 1.54) is 18.4 Å². The average molecular weight is 528 g/mol. The Morgan fingerprint density at radius 2 is 2.03 bits per heavy atom. The van der Waals surface area contributed by atoms with Crippen molar-refractivity contribution in [1.29, 1.82) is 0 Å². The van der Waals surface area contributed by atoms with E-state index in [1.807, 2.05) is 24.3 Å². The van der Waals surface area contributed by atoms with Crippen molar-refractivity contribution in [3.8, 4) is 16.3 Å². The second-order valence-corrected chi connectivity index (χ2v) is 10.4. The van der Waals surface area contributed by atoms with Gasteiger partial charge in [0.1, 0.15) is 15.8 Å². The van der Waals surface area contributed by atoms with Crippen LogP contribution in [-0.4, -0.2) is 42.1 Å². The van der Waals surface area contributed by atoms with Gasteiger partial charge < -0.3 is 19.7 Å². The molecule has 0 saturated heterocycles. The van der Waals surface area contributed by atoms with E-state index in [0.717, 1.165) is 31.2 Å². The zero-order valence-electron chi connectivity index (χ0n) is 19.1. The van der Waals surface area contributed by atoms with Crippen molar-refractivity contribution in [2.75, 3.05) is 25.6 Å². The van der Waals surface area contributed by atoms with Crippen molar-refractivity contribution >= 4 is 61.5 Å². The van der Waals surface area contributed by atoms with Gasteiger partial charge in [-0.15, -0.1) is 22.7 Å². The molecule has 0 aliphatic carbocycles. The molecule has 180 valence electrons. The lowest BCUT2D eigenvalue weighted by molar-refractivity contribution is 0.102. The van der Waals surface area contributed by atoms with E-state index in [9.17, 15) is 9.59 Å². The Kier molecular flexibility index (Phi) is 6.64. The summed E-state index contributed by atoms with van der Waals surface area (Å²) in [4.78, 5) is 33.2. The van der Waals surface area contributed by atoms with Gasteiger partial charge >= 0.3 is 6.09 Å². The number of carbonyl (C=O) groups is 2. The third-order valence-corrected chi connectivity index (χ3v) is 8.15. The molecule has 1 N–H and O–H groups in total. The Bertz CT molecular complexity index is 1400. The molecule has 4 aromatic rings. The van der Waals surface area contributed by atoms with Crippen LogP contribution in [0.1, 0.15) is 27.7 Å². The van der Waals surface area contributed by atoms with E-state index < -0.39 is 0 Å². The summed E-state index contributed by atoms with van der Waals surface area (Å²) in [5.74, 6) is 0.107. The molecule has 0 atom stereocenters. The first kappa shape index (κ1) is 23.6. The third kappa shape index (κ3) is 4.59. The fraction of sp³-hybridized carbons (Fsp3) is 0.240. The Morgan fingerprint density at radius 1 is 1.20 bits per heavy atom. The fourth-order valence-corrected chi connectivity index (χ4v) is 6.64. The number of fused-ring (bicyclic) bond motifs is 2. The largest absolute Gasteiger partial charge is 0.496 e. The smallest absolute Gasteiger partial charge is 0.410 e. The normalized spacial score (nSPS) is 12.9. The van der Waals surface area contributed by atoms with E-state index >= 15 is 0 Å². The number of carbonyl (C=O) groups excluding carboxylic acids is 2. The monoisotopic (exact) mass is 527 g/mol. The third-order valence-electron chi connectivity index (χ3n) is 5.72. The first-order valence-corrected chi connectivity index (χ1v) is 13.1. The number of aromatic nitrogens is 1. The number of thiophene rings is 1.